The number of aromatic nitrogens is 2. The topological polar surface area (TPSA) is 49.0 Å². The molecule has 0 unspecified atom stereocenters. The number of hydrogen-bond acceptors (Lipinski definition) is 2. The summed E-state index contributed by atoms with van der Waals surface area (Å²) in [4.78, 5) is 23.2. The van der Waals surface area contributed by atoms with E-state index >= 15 is 0 Å². The van der Waals surface area contributed by atoms with Gasteiger partial charge in [-0.2, -0.15) is 0 Å². The molecule has 0 saturated heterocycles. The highest BCUT2D eigenvalue weighted by atomic mass is 19.1. The van der Waals surface area contributed by atoms with Crippen LogP contribution in [-0.2, 0) is 4.79 Å². The lowest BCUT2D eigenvalue weighted by atomic mass is 9.79. The second-order valence-corrected chi connectivity index (χ2v) is 9.95. The van der Waals surface area contributed by atoms with Crippen LogP contribution in [0.3, 0.4) is 0 Å². The molecule has 2 aromatic rings. The van der Waals surface area contributed by atoms with Crippen LogP contribution in [-0.4, -0.2) is 33.5 Å². The van der Waals surface area contributed by atoms with Crippen LogP contribution in [0.15, 0.2) is 30.5 Å². The number of carbonyl (C=O) groups excluding carboxylic acids is 1. The fourth-order valence-electron chi connectivity index (χ4n) is 4.41. The number of benzene rings is 1. The SMILES string of the molecule is Cc1ccc(-c2cnc([C@@H](N(C)C(=O)C3CCC(C)(F)CC3)C(C)(C)C)[nH]2)cc1. The molecule has 0 spiro atoms. The van der Waals surface area contributed by atoms with Crippen LogP contribution in [0.4, 0.5) is 4.39 Å². The molecular weight excluding hydrogens is 365 g/mol. The summed E-state index contributed by atoms with van der Waals surface area (Å²) in [5, 5.41) is 0. The average molecular weight is 400 g/mol. The number of nitrogens with one attached hydrogen (secondary N) is 1. The first kappa shape index (κ1) is 21.5. The van der Waals surface area contributed by atoms with Crippen LogP contribution in [0.1, 0.15) is 70.8 Å². The first-order valence-corrected chi connectivity index (χ1v) is 10.6. The highest BCUT2D eigenvalue weighted by Gasteiger charge is 2.40. The molecule has 3 rings (SSSR count). The second-order valence-electron chi connectivity index (χ2n) is 9.95. The Bertz CT molecular complexity index is 838. The van der Waals surface area contributed by atoms with Gasteiger partial charge in [-0.25, -0.2) is 9.37 Å². The molecule has 1 aromatic carbocycles. The van der Waals surface area contributed by atoms with Gasteiger partial charge in [-0.1, -0.05) is 50.6 Å². The molecule has 1 amide bonds. The highest BCUT2D eigenvalue weighted by molar-refractivity contribution is 5.79. The summed E-state index contributed by atoms with van der Waals surface area (Å²) in [6.45, 7) is 10.1. The summed E-state index contributed by atoms with van der Waals surface area (Å²) >= 11 is 0. The summed E-state index contributed by atoms with van der Waals surface area (Å²) < 4.78 is 14.2. The number of H-pyrrole nitrogens is 1. The molecule has 1 atom stereocenters. The maximum atomic E-state index is 14.2. The minimum absolute atomic E-state index is 0.0914. The summed E-state index contributed by atoms with van der Waals surface area (Å²) in [7, 11) is 1.86. The van der Waals surface area contributed by atoms with Gasteiger partial charge in [0.05, 0.1) is 17.9 Å². The number of aryl methyl sites for hydroxylation is 1. The average Bonchev–Trinajstić information content (AvgIpc) is 3.10. The molecule has 0 bridgehead atoms. The maximum Gasteiger partial charge on any atom is 0.226 e. The number of rotatable bonds is 4. The normalized spacial score (nSPS) is 23.6. The van der Waals surface area contributed by atoms with E-state index in [9.17, 15) is 9.18 Å². The van der Waals surface area contributed by atoms with Crippen molar-refractivity contribution in [3.63, 3.8) is 0 Å². The van der Waals surface area contributed by atoms with Crippen LogP contribution in [0.5, 0.6) is 0 Å². The predicted molar refractivity (Wildman–Crippen MR) is 115 cm³/mol. The zero-order valence-corrected chi connectivity index (χ0v) is 18.6. The van der Waals surface area contributed by atoms with Gasteiger partial charge in [0.15, 0.2) is 0 Å². The first-order chi connectivity index (χ1) is 13.5. The molecule has 5 heteroatoms. The Morgan fingerprint density at radius 2 is 1.83 bits per heavy atom. The van der Waals surface area contributed by atoms with Gasteiger partial charge in [-0.3, -0.25) is 4.79 Å². The van der Waals surface area contributed by atoms with Crippen molar-refractivity contribution in [2.75, 3.05) is 7.05 Å². The fourth-order valence-corrected chi connectivity index (χ4v) is 4.41. The van der Waals surface area contributed by atoms with Crippen molar-refractivity contribution in [1.82, 2.24) is 14.9 Å². The zero-order chi connectivity index (χ0) is 21.4. The van der Waals surface area contributed by atoms with E-state index in [2.05, 4.69) is 61.9 Å². The Kier molecular flexibility index (Phi) is 5.88. The van der Waals surface area contributed by atoms with Gasteiger partial charge < -0.3 is 9.88 Å². The molecule has 4 nitrogen and oxygen atoms in total. The van der Waals surface area contributed by atoms with Crippen LogP contribution < -0.4 is 0 Å². The number of nitrogens with zero attached hydrogens (tertiary/aromatic N) is 2. The van der Waals surface area contributed by atoms with Crippen LogP contribution in [0.2, 0.25) is 0 Å². The Balaban J connectivity index is 1.83. The van der Waals surface area contributed by atoms with Gasteiger partial charge >= 0.3 is 0 Å². The first-order valence-electron chi connectivity index (χ1n) is 10.6. The molecule has 1 fully saturated rings. The fraction of sp³-hybridized carbons (Fsp3) is 0.583. The molecule has 1 aliphatic rings. The minimum Gasteiger partial charge on any atom is -0.340 e. The summed E-state index contributed by atoms with van der Waals surface area (Å²) in [6, 6.07) is 8.11. The predicted octanol–water partition coefficient (Wildman–Crippen LogP) is 5.85. The summed E-state index contributed by atoms with van der Waals surface area (Å²) in [6.07, 6.45) is 3.97. The van der Waals surface area contributed by atoms with Gasteiger partial charge in [0.1, 0.15) is 11.5 Å². The number of amides is 1. The monoisotopic (exact) mass is 399 g/mol. The van der Waals surface area contributed by atoms with Gasteiger partial charge in [0.2, 0.25) is 5.91 Å². The molecule has 1 N–H and O–H groups in total. The number of carbonyl (C=O) groups is 1. The van der Waals surface area contributed by atoms with Crippen LogP contribution >= 0.6 is 0 Å². The third-order valence-corrected chi connectivity index (χ3v) is 6.15. The van der Waals surface area contributed by atoms with E-state index < -0.39 is 5.67 Å². The van der Waals surface area contributed by atoms with E-state index in [1.807, 2.05) is 18.1 Å². The van der Waals surface area contributed by atoms with Gasteiger partial charge in [0.25, 0.3) is 0 Å². The van der Waals surface area contributed by atoms with Crippen molar-refractivity contribution in [3.05, 3.63) is 41.9 Å². The van der Waals surface area contributed by atoms with Crippen molar-refractivity contribution in [2.45, 2.75) is 72.0 Å². The Labute approximate surface area is 173 Å². The smallest absolute Gasteiger partial charge is 0.226 e. The Morgan fingerprint density at radius 3 is 2.38 bits per heavy atom. The molecule has 0 radical (unpaired) electrons. The Hall–Kier alpha value is -2.17. The van der Waals surface area contributed by atoms with E-state index in [1.165, 1.54) is 5.56 Å². The molecule has 158 valence electrons. The molecule has 1 aliphatic carbocycles. The standard InChI is InChI=1S/C24H34FN3O/c1-16-7-9-17(10-8-16)19-15-26-21(27-19)20(23(2,3)4)28(6)22(29)18-11-13-24(5,25)14-12-18/h7-10,15,18,20H,11-14H2,1-6H3,(H,26,27)/t18?,20-,24?/m1/s1. The van der Waals surface area contributed by atoms with Gasteiger partial charge in [0, 0.05) is 13.0 Å². The number of imidazole rings is 1. The van der Waals surface area contributed by atoms with E-state index in [-0.39, 0.29) is 23.3 Å². The van der Waals surface area contributed by atoms with E-state index in [0.717, 1.165) is 17.1 Å². The lowest BCUT2D eigenvalue weighted by molar-refractivity contribution is -0.141. The number of aromatic amines is 1. The number of alkyl halides is 1. The molecule has 1 heterocycles. The third-order valence-electron chi connectivity index (χ3n) is 6.15. The van der Waals surface area contributed by atoms with Crippen LogP contribution in [0, 0.1) is 18.3 Å². The van der Waals surface area contributed by atoms with E-state index in [0.29, 0.717) is 25.7 Å². The summed E-state index contributed by atoms with van der Waals surface area (Å²) in [5.41, 5.74) is 1.90. The van der Waals surface area contributed by atoms with Crippen molar-refractivity contribution in [1.29, 1.82) is 0 Å². The lowest BCUT2D eigenvalue weighted by Gasteiger charge is -2.40. The number of hydrogen-bond donors (Lipinski definition) is 1. The van der Waals surface area contributed by atoms with Crippen LogP contribution in [0.25, 0.3) is 11.3 Å². The molecule has 0 aliphatic heterocycles. The summed E-state index contributed by atoms with van der Waals surface area (Å²) in [5.74, 6) is 0.768. The molecule has 1 saturated carbocycles. The largest absolute Gasteiger partial charge is 0.340 e. The zero-order valence-electron chi connectivity index (χ0n) is 18.6. The molecule has 1 aromatic heterocycles. The third kappa shape index (κ3) is 4.88. The molecular formula is C24H34FN3O. The Morgan fingerprint density at radius 1 is 1.24 bits per heavy atom. The quantitative estimate of drug-likeness (QED) is 0.701. The highest BCUT2D eigenvalue weighted by Crippen LogP contribution is 2.40. The van der Waals surface area contributed by atoms with Gasteiger partial charge in [-0.05, 0) is 50.5 Å². The maximum absolute atomic E-state index is 14.2. The second kappa shape index (κ2) is 7.92. The number of halogens is 1. The lowest BCUT2D eigenvalue weighted by Crippen LogP contribution is -2.43. The van der Waals surface area contributed by atoms with Crippen molar-refractivity contribution in [3.8, 4) is 11.3 Å². The minimum atomic E-state index is -1.14. The molecule has 29 heavy (non-hydrogen) atoms. The van der Waals surface area contributed by atoms with Crippen molar-refractivity contribution < 1.29 is 9.18 Å². The van der Waals surface area contributed by atoms with Crippen molar-refractivity contribution >= 4 is 5.91 Å². The van der Waals surface area contributed by atoms with Crippen molar-refractivity contribution in [2.24, 2.45) is 11.3 Å². The van der Waals surface area contributed by atoms with Gasteiger partial charge in [-0.15, -0.1) is 0 Å². The van der Waals surface area contributed by atoms with E-state index in [4.69, 9.17) is 0 Å². The van der Waals surface area contributed by atoms with E-state index in [1.54, 1.807) is 6.92 Å².